The lowest BCUT2D eigenvalue weighted by Crippen LogP contribution is -2.28. The highest BCUT2D eigenvalue weighted by molar-refractivity contribution is 7.89. The number of sulfonamides is 1. The maximum absolute atomic E-state index is 12.1. The highest BCUT2D eigenvalue weighted by Crippen LogP contribution is 2.30. The Bertz CT molecular complexity index is 539. The smallest absolute Gasteiger partial charge is 0.207 e. The van der Waals surface area contributed by atoms with Crippen LogP contribution in [0, 0.1) is 17.2 Å². The molecule has 4 nitrogen and oxygen atoms in total. The SMILES string of the molecule is CN(CC1CC1)S(=O)(=O)c1ccc(C#N)cc1. The summed E-state index contributed by atoms with van der Waals surface area (Å²) in [6.07, 6.45) is 2.24. The van der Waals surface area contributed by atoms with E-state index in [1.165, 1.54) is 28.6 Å². The summed E-state index contributed by atoms with van der Waals surface area (Å²) in [6.45, 7) is 0.586. The summed E-state index contributed by atoms with van der Waals surface area (Å²) in [5.74, 6) is 0.521. The molecule has 1 aromatic carbocycles. The van der Waals surface area contributed by atoms with Crippen molar-refractivity contribution in [3.63, 3.8) is 0 Å². The molecule has 0 atom stereocenters. The molecule has 1 fully saturated rings. The van der Waals surface area contributed by atoms with Crippen LogP contribution in [0.2, 0.25) is 0 Å². The fourth-order valence-electron chi connectivity index (χ4n) is 1.64. The molecule has 5 heteroatoms. The zero-order valence-electron chi connectivity index (χ0n) is 9.63. The van der Waals surface area contributed by atoms with Crippen molar-refractivity contribution in [3.05, 3.63) is 29.8 Å². The third kappa shape index (κ3) is 2.65. The van der Waals surface area contributed by atoms with Gasteiger partial charge in [-0.05, 0) is 43.0 Å². The summed E-state index contributed by atoms with van der Waals surface area (Å²) in [7, 11) is -1.79. The normalized spacial score (nSPS) is 15.8. The van der Waals surface area contributed by atoms with Crippen molar-refractivity contribution in [1.29, 1.82) is 5.26 Å². The van der Waals surface area contributed by atoms with Crippen molar-refractivity contribution in [2.45, 2.75) is 17.7 Å². The van der Waals surface area contributed by atoms with Crippen molar-refractivity contribution < 1.29 is 8.42 Å². The van der Waals surface area contributed by atoms with Crippen LogP contribution < -0.4 is 0 Å². The van der Waals surface area contributed by atoms with Crippen molar-refractivity contribution in [2.24, 2.45) is 5.92 Å². The second-order valence-electron chi connectivity index (χ2n) is 4.37. The van der Waals surface area contributed by atoms with Gasteiger partial charge in [0.25, 0.3) is 0 Å². The van der Waals surface area contributed by atoms with Gasteiger partial charge in [0.2, 0.25) is 10.0 Å². The molecule has 1 aromatic rings. The van der Waals surface area contributed by atoms with E-state index in [0.717, 1.165) is 12.8 Å². The maximum Gasteiger partial charge on any atom is 0.242 e. The lowest BCUT2D eigenvalue weighted by atomic mass is 10.2. The third-order valence-electron chi connectivity index (χ3n) is 2.90. The summed E-state index contributed by atoms with van der Waals surface area (Å²) in [5, 5.41) is 8.66. The van der Waals surface area contributed by atoms with E-state index >= 15 is 0 Å². The molecular formula is C12H14N2O2S. The Morgan fingerprint density at radius 2 is 1.94 bits per heavy atom. The van der Waals surface area contributed by atoms with Gasteiger partial charge in [-0.15, -0.1) is 0 Å². The molecule has 0 spiro atoms. The first kappa shape index (κ1) is 12.1. The van der Waals surface area contributed by atoms with Gasteiger partial charge in [0, 0.05) is 13.6 Å². The average molecular weight is 250 g/mol. The van der Waals surface area contributed by atoms with Crippen LogP contribution in [-0.4, -0.2) is 26.3 Å². The van der Waals surface area contributed by atoms with Crippen LogP contribution in [0.3, 0.4) is 0 Å². The monoisotopic (exact) mass is 250 g/mol. The highest BCUT2D eigenvalue weighted by atomic mass is 32.2. The quantitative estimate of drug-likeness (QED) is 0.815. The summed E-state index contributed by atoms with van der Waals surface area (Å²) in [5.41, 5.74) is 0.466. The number of benzene rings is 1. The van der Waals surface area contributed by atoms with Gasteiger partial charge in [-0.3, -0.25) is 0 Å². The largest absolute Gasteiger partial charge is 0.242 e. The second kappa shape index (κ2) is 4.47. The third-order valence-corrected chi connectivity index (χ3v) is 4.74. The summed E-state index contributed by atoms with van der Waals surface area (Å²) in [4.78, 5) is 0.250. The maximum atomic E-state index is 12.1. The van der Waals surface area contributed by atoms with Gasteiger partial charge in [0.05, 0.1) is 16.5 Å². The van der Waals surface area contributed by atoms with E-state index in [1.807, 2.05) is 6.07 Å². The number of hydrogen-bond donors (Lipinski definition) is 0. The van der Waals surface area contributed by atoms with Gasteiger partial charge < -0.3 is 0 Å². The van der Waals surface area contributed by atoms with Crippen LogP contribution in [0.1, 0.15) is 18.4 Å². The minimum absolute atomic E-state index is 0.250. The van der Waals surface area contributed by atoms with E-state index in [9.17, 15) is 8.42 Å². The van der Waals surface area contributed by atoms with Crippen LogP contribution in [0.25, 0.3) is 0 Å². The zero-order chi connectivity index (χ0) is 12.5. The van der Waals surface area contributed by atoms with Gasteiger partial charge in [0.1, 0.15) is 0 Å². The highest BCUT2D eigenvalue weighted by Gasteiger charge is 2.28. The standard InChI is InChI=1S/C12H14N2O2S/c1-14(9-11-2-3-11)17(15,16)12-6-4-10(8-13)5-7-12/h4-7,11H,2-3,9H2,1H3. The molecule has 1 aliphatic carbocycles. The molecule has 1 saturated carbocycles. The first-order chi connectivity index (χ1) is 8.04. The molecule has 1 aliphatic rings. The van der Waals surface area contributed by atoms with E-state index < -0.39 is 10.0 Å². The van der Waals surface area contributed by atoms with Crippen molar-refractivity contribution in [1.82, 2.24) is 4.31 Å². The van der Waals surface area contributed by atoms with Gasteiger partial charge in [0.15, 0.2) is 0 Å². The van der Waals surface area contributed by atoms with E-state index in [2.05, 4.69) is 0 Å². The van der Waals surface area contributed by atoms with E-state index in [4.69, 9.17) is 5.26 Å². The molecule has 0 heterocycles. The Morgan fingerprint density at radius 1 is 1.35 bits per heavy atom. The molecule has 0 unspecified atom stereocenters. The van der Waals surface area contributed by atoms with E-state index in [-0.39, 0.29) is 4.90 Å². The van der Waals surface area contributed by atoms with Crippen LogP contribution >= 0.6 is 0 Å². The molecular weight excluding hydrogens is 236 g/mol. The Morgan fingerprint density at radius 3 is 2.41 bits per heavy atom. The Kier molecular flexibility index (Phi) is 3.18. The van der Waals surface area contributed by atoms with Gasteiger partial charge in [-0.25, -0.2) is 12.7 Å². The van der Waals surface area contributed by atoms with Gasteiger partial charge in [-0.1, -0.05) is 0 Å². The van der Waals surface area contributed by atoms with Crippen LogP contribution in [0.5, 0.6) is 0 Å². The summed E-state index contributed by atoms with van der Waals surface area (Å²) in [6, 6.07) is 7.99. The molecule has 0 radical (unpaired) electrons. The van der Waals surface area contributed by atoms with Gasteiger partial charge in [-0.2, -0.15) is 5.26 Å². The van der Waals surface area contributed by atoms with Crippen LogP contribution in [0.15, 0.2) is 29.2 Å². The molecule has 0 aromatic heterocycles. The molecule has 0 amide bonds. The lowest BCUT2D eigenvalue weighted by Gasteiger charge is -2.16. The van der Waals surface area contributed by atoms with Crippen molar-refractivity contribution in [2.75, 3.05) is 13.6 Å². The minimum atomic E-state index is -3.40. The topological polar surface area (TPSA) is 61.2 Å². The van der Waals surface area contributed by atoms with Crippen LogP contribution in [-0.2, 0) is 10.0 Å². The average Bonchev–Trinajstić information content (AvgIpc) is 3.13. The van der Waals surface area contributed by atoms with E-state index in [0.29, 0.717) is 18.0 Å². The summed E-state index contributed by atoms with van der Waals surface area (Å²) < 4.78 is 25.7. The molecule has 0 saturated heterocycles. The molecule has 17 heavy (non-hydrogen) atoms. The fourth-order valence-corrected chi connectivity index (χ4v) is 2.89. The first-order valence-electron chi connectivity index (χ1n) is 5.50. The van der Waals surface area contributed by atoms with Crippen molar-refractivity contribution in [3.8, 4) is 6.07 Å². The Labute approximate surface area is 102 Å². The predicted octanol–water partition coefficient (Wildman–Crippen LogP) is 1.59. The van der Waals surface area contributed by atoms with E-state index in [1.54, 1.807) is 7.05 Å². The number of nitrogens with zero attached hydrogens (tertiary/aromatic N) is 2. The molecule has 0 bridgehead atoms. The Balaban J connectivity index is 2.20. The summed E-state index contributed by atoms with van der Waals surface area (Å²) >= 11 is 0. The number of nitriles is 1. The molecule has 0 N–H and O–H groups in total. The fraction of sp³-hybridized carbons (Fsp3) is 0.417. The molecule has 90 valence electrons. The number of hydrogen-bond acceptors (Lipinski definition) is 3. The van der Waals surface area contributed by atoms with Gasteiger partial charge >= 0.3 is 0 Å². The number of rotatable bonds is 4. The second-order valence-corrected chi connectivity index (χ2v) is 6.41. The van der Waals surface area contributed by atoms with Crippen molar-refractivity contribution >= 4 is 10.0 Å². The molecule has 0 aliphatic heterocycles. The minimum Gasteiger partial charge on any atom is -0.207 e. The lowest BCUT2D eigenvalue weighted by molar-refractivity contribution is 0.453. The Hall–Kier alpha value is -1.38. The first-order valence-corrected chi connectivity index (χ1v) is 6.94. The van der Waals surface area contributed by atoms with Crippen LogP contribution in [0.4, 0.5) is 0 Å². The predicted molar refractivity (Wildman–Crippen MR) is 63.7 cm³/mol. The molecule has 2 rings (SSSR count). The zero-order valence-corrected chi connectivity index (χ0v) is 10.4.